The number of rotatable bonds is 4. The van der Waals surface area contributed by atoms with Crippen LogP contribution in [0.25, 0.3) is 0 Å². The number of aromatic nitrogens is 2. The Morgan fingerprint density at radius 3 is 2.73 bits per heavy atom. The van der Waals surface area contributed by atoms with Gasteiger partial charge in [-0.25, -0.2) is 0 Å². The summed E-state index contributed by atoms with van der Waals surface area (Å²) in [7, 11) is 1.41. The lowest BCUT2D eigenvalue weighted by molar-refractivity contribution is -0.141. The molecule has 0 bridgehead atoms. The monoisotopic (exact) mass is 222 g/mol. The summed E-state index contributed by atoms with van der Waals surface area (Å²) in [4.78, 5) is 10.5. The van der Waals surface area contributed by atoms with Crippen LogP contribution in [-0.4, -0.2) is 29.8 Å². The fraction of sp³-hybridized carbons (Fsp3) is 0.500. The fourth-order valence-electron chi connectivity index (χ4n) is 1.02. The first-order valence-electron chi connectivity index (χ1n) is 4.08. The van der Waals surface area contributed by atoms with Crippen LogP contribution < -0.4 is 0 Å². The lowest BCUT2D eigenvalue weighted by atomic mass is 10.3. The van der Waals surface area contributed by atoms with Gasteiger partial charge in [0, 0.05) is 7.11 Å². The summed E-state index contributed by atoms with van der Waals surface area (Å²) in [6, 6.07) is 0.711. The molecule has 4 nitrogen and oxygen atoms in total. The molecule has 7 heteroatoms. The second kappa shape index (κ2) is 4.43. The molecular formula is C8H9F3N2O2. The molecule has 0 fully saturated rings. The molecule has 0 atom stereocenters. The molecule has 1 heterocycles. The Bertz CT molecular complexity index is 346. The van der Waals surface area contributed by atoms with Gasteiger partial charge in [-0.2, -0.15) is 18.3 Å². The number of alkyl halides is 3. The summed E-state index contributed by atoms with van der Waals surface area (Å²) in [5.41, 5.74) is -1.18. The van der Waals surface area contributed by atoms with Crippen LogP contribution in [-0.2, 0) is 17.5 Å². The van der Waals surface area contributed by atoms with E-state index < -0.39 is 11.9 Å². The van der Waals surface area contributed by atoms with Gasteiger partial charge < -0.3 is 4.74 Å². The predicted octanol–water partition coefficient (Wildman–Crippen LogP) is 1.36. The highest BCUT2D eigenvalue weighted by Crippen LogP contribution is 2.28. The van der Waals surface area contributed by atoms with Crippen molar-refractivity contribution in [2.45, 2.75) is 12.7 Å². The Morgan fingerprint density at radius 2 is 2.27 bits per heavy atom. The molecule has 84 valence electrons. The number of aldehydes is 1. The minimum absolute atomic E-state index is 0.112. The molecule has 0 N–H and O–H groups in total. The van der Waals surface area contributed by atoms with Crippen LogP contribution in [0.3, 0.4) is 0 Å². The van der Waals surface area contributed by atoms with Gasteiger partial charge in [0.2, 0.25) is 0 Å². The Labute approximate surface area is 83.6 Å². The topological polar surface area (TPSA) is 44.1 Å². The van der Waals surface area contributed by atoms with Crippen molar-refractivity contribution >= 4 is 6.29 Å². The van der Waals surface area contributed by atoms with Gasteiger partial charge in [-0.15, -0.1) is 0 Å². The number of nitrogens with zero attached hydrogens (tertiary/aromatic N) is 2. The van der Waals surface area contributed by atoms with Crippen molar-refractivity contribution in [2.24, 2.45) is 0 Å². The average Bonchev–Trinajstić information content (AvgIpc) is 2.57. The first kappa shape index (κ1) is 11.7. The zero-order valence-electron chi connectivity index (χ0n) is 7.91. The normalized spacial score (nSPS) is 11.7. The van der Waals surface area contributed by atoms with E-state index in [0.717, 1.165) is 4.68 Å². The van der Waals surface area contributed by atoms with Gasteiger partial charge in [0.05, 0.1) is 13.2 Å². The lowest BCUT2D eigenvalue weighted by Gasteiger charge is -2.02. The fourth-order valence-corrected chi connectivity index (χ4v) is 1.02. The highest BCUT2D eigenvalue weighted by Gasteiger charge is 2.34. The third-order valence-corrected chi connectivity index (χ3v) is 1.73. The second-order valence-electron chi connectivity index (χ2n) is 2.79. The maximum atomic E-state index is 12.2. The molecule has 0 unspecified atom stereocenters. The van der Waals surface area contributed by atoms with E-state index in [2.05, 4.69) is 9.84 Å². The van der Waals surface area contributed by atoms with Crippen LogP contribution in [0.2, 0.25) is 0 Å². The van der Waals surface area contributed by atoms with E-state index in [1.807, 2.05) is 0 Å². The second-order valence-corrected chi connectivity index (χ2v) is 2.79. The summed E-state index contributed by atoms with van der Waals surface area (Å²) in [5, 5.41) is 3.27. The Balaban J connectivity index is 2.95. The van der Waals surface area contributed by atoms with Crippen LogP contribution in [0.15, 0.2) is 6.07 Å². The van der Waals surface area contributed by atoms with Gasteiger partial charge in [0.1, 0.15) is 5.69 Å². The third kappa shape index (κ3) is 2.79. The summed E-state index contributed by atoms with van der Waals surface area (Å²) in [6.45, 7) is 0.306. The van der Waals surface area contributed by atoms with E-state index in [1.54, 1.807) is 0 Å². The molecule has 0 aliphatic rings. The van der Waals surface area contributed by atoms with Crippen molar-refractivity contribution in [2.75, 3.05) is 13.7 Å². The highest BCUT2D eigenvalue weighted by molar-refractivity contribution is 5.72. The molecule has 15 heavy (non-hydrogen) atoms. The number of ether oxygens (including phenoxy) is 1. The number of carbonyl (C=O) groups is 1. The van der Waals surface area contributed by atoms with E-state index in [-0.39, 0.29) is 18.8 Å². The van der Waals surface area contributed by atoms with Crippen LogP contribution in [0.5, 0.6) is 0 Å². The van der Waals surface area contributed by atoms with Gasteiger partial charge >= 0.3 is 6.18 Å². The van der Waals surface area contributed by atoms with Crippen LogP contribution in [0, 0.1) is 0 Å². The molecule has 0 aromatic carbocycles. The number of hydrogen-bond donors (Lipinski definition) is 0. The summed E-state index contributed by atoms with van der Waals surface area (Å²) in [5.74, 6) is 0. The van der Waals surface area contributed by atoms with Gasteiger partial charge in [0.15, 0.2) is 12.0 Å². The molecular weight excluding hydrogens is 213 g/mol. The van der Waals surface area contributed by atoms with Crippen molar-refractivity contribution in [3.05, 3.63) is 17.5 Å². The quantitative estimate of drug-likeness (QED) is 0.722. The number of methoxy groups -OCH3 is 1. The van der Waals surface area contributed by atoms with Gasteiger partial charge in [0.25, 0.3) is 0 Å². The van der Waals surface area contributed by atoms with E-state index in [4.69, 9.17) is 0 Å². The number of carbonyl (C=O) groups excluding carboxylic acids is 1. The molecule has 0 amide bonds. The maximum absolute atomic E-state index is 12.2. The lowest BCUT2D eigenvalue weighted by Crippen LogP contribution is -2.11. The van der Waals surface area contributed by atoms with E-state index >= 15 is 0 Å². The van der Waals surface area contributed by atoms with Crippen molar-refractivity contribution in [1.82, 2.24) is 9.78 Å². The average molecular weight is 222 g/mol. The van der Waals surface area contributed by atoms with Gasteiger partial charge in [-0.05, 0) is 6.07 Å². The van der Waals surface area contributed by atoms with Gasteiger partial charge in [-0.3, -0.25) is 9.48 Å². The molecule has 1 rings (SSSR count). The molecule has 0 saturated carbocycles. The zero-order valence-corrected chi connectivity index (χ0v) is 7.91. The third-order valence-electron chi connectivity index (χ3n) is 1.73. The summed E-state index contributed by atoms with van der Waals surface area (Å²) >= 11 is 0. The van der Waals surface area contributed by atoms with Gasteiger partial charge in [-0.1, -0.05) is 0 Å². The van der Waals surface area contributed by atoms with Crippen molar-refractivity contribution in [3.8, 4) is 0 Å². The smallest absolute Gasteiger partial charge is 0.383 e. The largest absolute Gasteiger partial charge is 0.435 e. The molecule has 1 aromatic rings. The molecule has 0 spiro atoms. The first-order valence-corrected chi connectivity index (χ1v) is 4.08. The Morgan fingerprint density at radius 1 is 1.60 bits per heavy atom. The number of halogens is 3. The van der Waals surface area contributed by atoms with Crippen LogP contribution in [0.1, 0.15) is 16.2 Å². The zero-order chi connectivity index (χ0) is 11.5. The van der Waals surface area contributed by atoms with E-state index in [9.17, 15) is 18.0 Å². The first-order chi connectivity index (χ1) is 6.99. The van der Waals surface area contributed by atoms with Crippen LogP contribution in [0.4, 0.5) is 13.2 Å². The van der Waals surface area contributed by atoms with Crippen molar-refractivity contribution in [3.63, 3.8) is 0 Å². The minimum Gasteiger partial charge on any atom is -0.383 e. The minimum atomic E-state index is -4.53. The standard InChI is InChI=1S/C8H9F3N2O2/c1-15-3-2-13-6(5-14)4-7(12-13)8(9,10)11/h4-5H,2-3H2,1H3. The molecule has 0 radical (unpaired) electrons. The van der Waals surface area contributed by atoms with Crippen molar-refractivity contribution in [1.29, 1.82) is 0 Å². The molecule has 0 aliphatic carbocycles. The Kier molecular flexibility index (Phi) is 3.46. The SMILES string of the molecule is COCCn1nc(C(F)(F)F)cc1C=O. The van der Waals surface area contributed by atoms with E-state index in [0.29, 0.717) is 12.4 Å². The molecule has 0 aliphatic heterocycles. The molecule has 1 aromatic heterocycles. The Hall–Kier alpha value is -1.37. The highest BCUT2D eigenvalue weighted by atomic mass is 19.4. The van der Waals surface area contributed by atoms with Crippen molar-refractivity contribution < 1.29 is 22.7 Å². The summed E-state index contributed by atoms with van der Waals surface area (Å²) < 4.78 is 42.3. The van der Waals surface area contributed by atoms with E-state index in [1.165, 1.54) is 7.11 Å². The maximum Gasteiger partial charge on any atom is 0.435 e. The predicted molar refractivity (Wildman–Crippen MR) is 44.5 cm³/mol. The van der Waals surface area contributed by atoms with Crippen LogP contribution >= 0.6 is 0 Å². The molecule has 0 saturated heterocycles. The number of hydrogen-bond acceptors (Lipinski definition) is 3. The summed E-state index contributed by atoms with van der Waals surface area (Å²) in [6.07, 6.45) is -4.20.